The fourth-order valence-electron chi connectivity index (χ4n) is 2.90. The highest BCUT2D eigenvalue weighted by atomic mass is 32.2. The van der Waals surface area contributed by atoms with Crippen LogP contribution in [0.4, 0.5) is 17.1 Å². The van der Waals surface area contributed by atoms with Crippen molar-refractivity contribution in [3.8, 4) is 0 Å². The second kappa shape index (κ2) is 8.41. The maximum Gasteiger partial charge on any atom is 0.245 e. The van der Waals surface area contributed by atoms with E-state index in [2.05, 4.69) is 10.2 Å². The van der Waals surface area contributed by atoms with Crippen molar-refractivity contribution in [3.63, 3.8) is 0 Å². The fourth-order valence-corrected chi connectivity index (χ4v) is 3.76. The fraction of sp³-hybridized carbons (Fsp3) is 0.316. The van der Waals surface area contributed by atoms with Gasteiger partial charge in [0.1, 0.15) is 6.54 Å². The summed E-state index contributed by atoms with van der Waals surface area (Å²) < 4.78 is 30.6. The summed E-state index contributed by atoms with van der Waals surface area (Å²) in [5, 5.41) is 2.76. The van der Waals surface area contributed by atoms with Crippen LogP contribution in [0.3, 0.4) is 0 Å². The van der Waals surface area contributed by atoms with E-state index in [1.165, 1.54) is 0 Å². The number of ether oxygens (including phenoxy) is 1. The van der Waals surface area contributed by atoms with Gasteiger partial charge >= 0.3 is 0 Å². The number of rotatable bonds is 6. The minimum atomic E-state index is -3.57. The van der Waals surface area contributed by atoms with E-state index in [9.17, 15) is 13.2 Å². The molecule has 0 aromatic heterocycles. The maximum atomic E-state index is 12.4. The Labute approximate surface area is 159 Å². The Morgan fingerprint density at radius 1 is 1.07 bits per heavy atom. The van der Waals surface area contributed by atoms with Crippen molar-refractivity contribution in [3.05, 3.63) is 54.6 Å². The molecule has 0 aliphatic carbocycles. The third-order valence-electron chi connectivity index (χ3n) is 4.26. The largest absolute Gasteiger partial charge is 0.378 e. The Morgan fingerprint density at radius 3 is 2.30 bits per heavy atom. The van der Waals surface area contributed by atoms with Gasteiger partial charge in [-0.05, 0) is 36.4 Å². The molecule has 2 aromatic carbocycles. The molecule has 0 spiro atoms. The zero-order valence-corrected chi connectivity index (χ0v) is 16.0. The first-order chi connectivity index (χ1) is 12.9. The molecule has 0 saturated carbocycles. The first-order valence-electron chi connectivity index (χ1n) is 8.69. The molecule has 1 aliphatic heterocycles. The van der Waals surface area contributed by atoms with Gasteiger partial charge < -0.3 is 15.0 Å². The average molecular weight is 389 g/mol. The number of hydrogen-bond donors (Lipinski definition) is 1. The molecule has 7 nitrogen and oxygen atoms in total. The minimum absolute atomic E-state index is 0.284. The van der Waals surface area contributed by atoms with Crippen molar-refractivity contribution in [2.45, 2.75) is 0 Å². The predicted octanol–water partition coefficient (Wildman–Crippen LogP) is 1.93. The first kappa shape index (κ1) is 19.2. The van der Waals surface area contributed by atoms with Gasteiger partial charge in [-0.2, -0.15) is 0 Å². The second-order valence-corrected chi connectivity index (χ2v) is 8.21. The van der Waals surface area contributed by atoms with Gasteiger partial charge in [-0.3, -0.25) is 9.10 Å². The minimum Gasteiger partial charge on any atom is -0.378 e. The van der Waals surface area contributed by atoms with Crippen LogP contribution < -0.4 is 14.5 Å². The highest BCUT2D eigenvalue weighted by Crippen LogP contribution is 2.20. The van der Waals surface area contributed by atoms with Crippen molar-refractivity contribution in [2.24, 2.45) is 0 Å². The highest BCUT2D eigenvalue weighted by molar-refractivity contribution is 7.92. The first-order valence-corrected chi connectivity index (χ1v) is 10.5. The van der Waals surface area contributed by atoms with Gasteiger partial charge in [0.05, 0.1) is 25.2 Å². The molecule has 2 aromatic rings. The molecule has 0 unspecified atom stereocenters. The molecule has 0 radical (unpaired) electrons. The van der Waals surface area contributed by atoms with Crippen LogP contribution in [0.15, 0.2) is 54.6 Å². The molecular formula is C19H23N3O4S. The Morgan fingerprint density at radius 2 is 1.70 bits per heavy atom. The highest BCUT2D eigenvalue weighted by Gasteiger charge is 2.20. The quantitative estimate of drug-likeness (QED) is 0.817. The number of anilines is 3. The zero-order chi connectivity index (χ0) is 19.3. The van der Waals surface area contributed by atoms with Crippen LogP contribution in [0.5, 0.6) is 0 Å². The number of morpholine rings is 1. The number of sulfonamides is 1. The van der Waals surface area contributed by atoms with Crippen LogP contribution in [-0.4, -0.2) is 53.4 Å². The lowest BCUT2D eigenvalue weighted by molar-refractivity contribution is -0.114. The van der Waals surface area contributed by atoms with Crippen LogP contribution in [0.1, 0.15) is 0 Å². The summed E-state index contributed by atoms with van der Waals surface area (Å²) in [7, 11) is -3.57. The van der Waals surface area contributed by atoms with Gasteiger partial charge in [-0.1, -0.05) is 18.2 Å². The van der Waals surface area contributed by atoms with Crippen LogP contribution in [0.25, 0.3) is 0 Å². The van der Waals surface area contributed by atoms with E-state index in [-0.39, 0.29) is 6.54 Å². The summed E-state index contributed by atoms with van der Waals surface area (Å²) in [5.41, 5.74) is 2.15. The summed E-state index contributed by atoms with van der Waals surface area (Å²) >= 11 is 0. The Balaban J connectivity index is 1.65. The molecule has 3 rings (SSSR count). The van der Waals surface area contributed by atoms with E-state index in [1.54, 1.807) is 30.3 Å². The lowest BCUT2D eigenvalue weighted by atomic mass is 10.2. The number of carbonyl (C=O) groups is 1. The van der Waals surface area contributed by atoms with Crippen molar-refractivity contribution in [1.29, 1.82) is 0 Å². The monoisotopic (exact) mass is 389 g/mol. The summed E-state index contributed by atoms with van der Waals surface area (Å²) in [6, 6.07) is 16.1. The average Bonchev–Trinajstić information content (AvgIpc) is 2.67. The van der Waals surface area contributed by atoms with Crippen LogP contribution in [-0.2, 0) is 19.6 Å². The lowest BCUT2D eigenvalue weighted by Crippen LogP contribution is -2.37. The molecule has 1 N–H and O–H groups in total. The molecule has 1 amide bonds. The molecule has 1 heterocycles. The van der Waals surface area contributed by atoms with Crippen LogP contribution in [0.2, 0.25) is 0 Å². The van der Waals surface area contributed by atoms with Gasteiger partial charge in [0.25, 0.3) is 0 Å². The van der Waals surface area contributed by atoms with Crippen molar-refractivity contribution < 1.29 is 17.9 Å². The maximum absolute atomic E-state index is 12.4. The van der Waals surface area contributed by atoms with Gasteiger partial charge in [0.15, 0.2) is 0 Å². The van der Waals surface area contributed by atoms with Gasteiger partial charge in [0, 0.05) is 24.5 Å². The molecule has 0 atom stereocenters. The smallest absolute Gasteiger partial charge is 0.245 e. The van der Waals surface area contributed by atoms with Crippen molar-refractivity contribution in [2.75, 3.05) is 53.6 Å². The zero-order valence-electron chi connectivity index (χ0n) is 15.2. The van der Waals surface area contributed by atoms with E-state index in [1.807, 2.05) is 24.3 Å². The number of nitrogens with zero attached hydrogens (tertiary/aromatic N) is 2. The third kappa shape index (κ3) is 5.21. The summed E-state index contributed by atoms with van der Waals surface area (Å²) in [5.74, 6) is -0.400. The summed E-state index contributed by atoms with van der Waals surface area (Å²) in [4.78, 5) is 14.6. The number of hydrogen-bond acceptors (Lipinski definition) is 5. The molecule has 27 heavy (non-hydrogen) atoms. The molecule has 8 heteroatoms. The van der Waals surface area contributed by atoms with Gasteiger partial charge in [0.2, 0.25) is 15.9 Å². The van der Waals surface area contributed by atoms with Crippen LogP contribution >= 0.6 is 0 Å². The van der Waals surface area contributed by atoms with E-state index >= 15 is 0 Å². The summed E-state index contributed by atoms with van der Waals surface area (Å²) in [6.45, 7) is 2.81. The molecule has 0 bridgehead atoms. The third-order valence-corrected chi connectivity index (χ3v) is 5.40. The normalized spacial score (nSPS) is 14.6. The number of para-hydroxylation sites is 1. The Bertz CT molecular complexity index is 864. The second-order valence-electron chi connectivity index (χ2n) is 6.30. The molecular weight excluding hydrogens is 366 g/mol. The van der Waals surface area contributed by atoms with Crippen molar-refractivity contribution in [1.82, 2.24) is 0 Å². The summed E-state index contributed by atoms with van der Waals surface area (Å²) in [6.07, 6.45) is 1.09. The number of carbonyl (C=O) groups excluding carboxylic acids is 1. The topological polar surface area (TPSA) is 79.0 Å². The lowest BCUT2D eigenvalue weighted by Gasteiger charge is -2.29. The SMILES string of the molecule is CS(=O)(=O)N(CC(=O)Nc1ccc(N2CCOCC2)cc1)c1ccccc1. The number of amides is 1. The van der Waals surface area contributed by atoms with Gasteiger partial charge in [-0.25, -0.2) is 8.42 Å². The van der Waals surface area contributed by atoms with E-state index in [4.69, 9.17) is 4.74 Å². The standard InChI is InChI=1S/C19H23N3O4S/c1-27(24,25)22(18-5-3-2-4-6-18)15-19(23)20-16-7-9-17(10-8-16)21-11-13-26-14-12-21/h2-10H,11-15H2,1H3,(H,20,23). The van der Waals surface area contributed by atoms with Crippen LogP contribution in [0, 0.1) is 0 Å². The van der Waals surface area contributed by atoms with E-state index in [0.29, 0.717) is 24.6 Å². The molecule has 1 fully saturated rings. The van der Waals surface area contributed by atoms with E-state index in [0.717, 1.165) is 29.3 Å². The Kier molecular flexibility index (Phi) is 5.98. The molecule has 1 saturated heterocycles. The predicted molar refractivity (Wildman–Crippen MR) is 107 cm³/mol. The number of nitrogens with one attached hydrogen (secondary N) is 1. The van der Waals surface area contributed by atoms with Gasteiger partial charge in [-0.15, -0.1) is 0 Å². The molecule has 144 valence electrons. The molecule has 1 aliphatic rings. The van der Waals surface area contributed by atoms with E-state index < -0.39 is 15.9 Å². The number of benzene rings is 2. The Hall–Kier alpha value is -2.58. The van der Waals surface area contributed by atoms with Crippen molar-refractivity contribution >= 4 is 33.0 Å².